The van der Waals surface area contributed by atoms with E-state index in [1.54, 1.807) is 23.9 Å². The molecule has 0 saturated carbocycles. The smallest absolute Gasteiger partial charge is 0.268 e. The van der Waals surface area contributed by atoms with Gasteiger partial charge in [-0.05, 0) is 30.7 Å². The molecule has 0 radical (unpaired) electrons. The minimum Gasteiger partial charge on any atom is -0.459 e. The highest BCUT2D eigenvalue weighted by Gasteiger charge is 2.23. The number of hydrogen-bond acceptors (Lipinski definition) is 3. The maximum atomic E-state index is 13.0. The molecule has 140 valence electrons. The summed E-state index contributed by atoms with van der Waals surface area (Å²) in [6, 6.07) is 20.5. The Hall–Kier alpha value is -3.60. The fourth-order valence-electron chi connectivity index (χ4n) is 3.30. The van der Waals surface area contributed by atoms with Crippen LogP contribution in [0.15, 0.2) is 77.3 Å². The first-order chi connectivity index (χ1) is 13.5. The second-order valence-corrected chi connectivity index (χ2v) is 6.78. The number of hydrogen-bond donors (Lipinski definition) is 1. The van der Waals surface area contributed by atoms with Crippen molar-refractivity contribution in [2.24, 2.45) is 7.05 Å². The number of Topliss-reactive ketones (excluding diaryl/α,β-unsaturated/α-hetero) is 1. The first kappa shape index (κ1) is 17.8. The van der Waals surface area contributed by atoms with Gasteiger partial charge in [0.05, 0.1) is 0 Å². The summed E-state index contributed by atoms with van der Waals surface area (Å²) in [5, 5.41) is 4.03. The zero-order valence-electron chi connectivity index (χ0n) is 15.7. The Bertz CT molecular complexity index is 1120. The third-order valence-corrected chi connectivity index (χ3v) is 4.78. The predicted octanol–water partition coefficient (Wildman–Crippen LogP) is 4.49. The average molecular weight is 372 g/mol. The summed E-state index contributed by atoms with van der Waals surface area (Å²) in [5.41, 5.74) is 2.61. The van der Waals surface area contributed by atoms with Crippen LogP contribution in [0.2, 0.25) is 0 Å². The molecule has 2 aromatic carbocycles. The molecule has 0 aliphatic rings. The first-order valence-corrected chi connectivity index (χ1v) is 9.04. The van der Waals surface area contributed by atoms with Crippen molar-refractivity contribution in [2.75, 3.05) is 0 Å². The van der Waals surface area contributed by atoms with Crippen LogP contribution in [0.5, 0.6) is 0 Å². The van der Waals surface area contributed by atoms with Crippen molar-refractivity contribution in [3.63, 3.8) is 0 Å². The number of aryl methyl sites for hydroxylation is 1. The zero-order valence-corrected chi connectivity index (χ0v) is 15.7. The number of carbonyl (C=O) groups is 2. The number of ketones is 1. The van der Waals surface area contributed by atoms with E-state index in [-0.39, 0.29) is 11.7 Å². The zero-order chi connectivity index (χ0) is 19.7. The topological polar surface area (TPSA) is 64.2 Å². The molecule has 0 aliphatic carbocycles. The molecule has 0 unspecified atom stereocenters. The fourth-order valence-corrected chi connectivity index (χ4v) is 3.30. The maximum absolute atomic E-state index is 13.0. The fraction of sp³-hybridized carbons (Fsp3) is 0.130. The monoisotopic (exact) mass is 372 g/mol. The Morgan fingerprint density at radius 3 is 2.39 bits per heavy atom. The van der Waals surface area contributed by atoms with E-state index in [9.17, 15) is 9.59 Å². The van der Waals surface area contributed by atoms with Gasteiger partial charge in [-0.1, -0.05) is 48.5 Å². The van der Waals surface area contributed by atoms with Gasteiger partial charge in [0.25, 0.3) is 5.91 Å². The Morgan fingerprint density at radius 1 is 1.00 bits per heavy atom. The lowest BCUT2D eigenvalue weighted by molar-refractivity contribution is 0.0931. The molecule has 2 aromatic heterocycles. The number of aromatic nitrogens is 1. The number of furan rings is 1. The van der Waals surface area contributed by atoms with Crippen LogP contribution < -0.4 is 5.32 Å². The lowest BCUT2D eigenvalue weighted by atomic mass is 10.0. The minimum absolute atomic E-state index is 0.0773. The Morgan fingerprint density at radius 2 is 1.71 bits per heavy atom. The quantitative estimate of drug-likeness (QED) is 0.525. The number of para-hydroxylation sites is 1. The van der Waals surface area contributed by atoms with Gasteiger partial charge in [-0.2, -0.15) is 0 Å². The largest absolute Gasteiger partial charge is 0.459 e. The standard InChI is InChI=1S/C23H20N2O3/c1-15(26)18-12-19(25(2)14-18)23(27)24-22(16-8-4-3-5-9-16)21-13-17-10-6-7-11-20(17)28-21/h3-14,22H,1-2H3,(H,24,27)/t22-/m1/s1. The summed E-state index contributed by atoms with van der Waals surface area (Å²) in [5.74, 6) is 0.303. The summed E-state index contributed by atoms with van der Waals surface area (Å²) in [6.45, 7) is 1.48. The minimum atomic E-state index is -0.447. The van der Waals surface area contributed by atoms with Crippen LogP contribution in [-0.2, 0) is 7.05 Å². The molecule has 4 aromatic rings. The van der Waals surface area contributed by atoms with E-state index < -0.39 is 6.04 Å². The van der Waals surface area contributed by atoms with Crippen LogP contribution in [0.3, 0.4) is 0 Å². The first-order valence-electron chi connectivity index (χ1n) is 9.04. The van der Waals surface area contributed by atoms with Gasteiger partial charge in [-0.3, -0.25) is 9.59 Å². The summed E-state index contributed by atoms with van der Waals surface area (Å²) in [4.78, 5) is 24.6. The highest BCUT2D eigenvalue weighted by atomic mass is 16.3. The summed E-state index contributed by atoms with van der Waals surface area (Å²) < 4.78 is 7.68. The van der Waals surface area contributed by atoms with Gasteiger partial charge >= 0.3 is 0 Å². The van der Waals surface area contributed by atoms with Gasteiger partial charge in [0.15, 0.2) is 5.78 Å². The molecule has 1 atom stereocenters. The predicted molar refractivity (Wildman–Crippen MR) is 107 cm³/mol. The number of nitrogens with zero attached hydrogens (tertiary/aromatic N) is 1. The van der Waals surface area contributed by atoms with E-state index in [0.717, 1.165) is 16.5 Å². The number of amides is 1. The maximum Gasteiger partial charge on any atom is 0.268 e. The lowest BCUT2D eigenvalue weighted by Crippen LogP contribution is -2.30. The van der Waals surface area contributed by atoms with Crippen LogP contribution in [0, 0.1) is 0 Å². The number of rotatable bonds is 5. The molecular weight excluding hydrogens is 352 g/mol. The molecule has 0 spiro atoms. The Balaban J connectivity index is 1.72. The van der Waals surface area contributed by atoms with E-state index in [4.69, 9.17) is 4.42 Å². The van der Waals surface area contributed by atoms with Crippen LogP contribution in [0.4, 0.5) is 0 Å². The number of benzene rings is 2. The van der Waals surface area contributed by atoms with E-state index in [0.29, 0.717) is 17.0 Å². The van der Waals surface area contributed by atoms with E-state index in [1.807, 2.05) is 60.7 Å². The van der Waals surface area contributed by atoms with Gasteiger partial charge in [0.2, 0.25) is 0 Å². The third kappa shape index (κ3) is 3.34. The molecule has 2 heterocycles. The average Bonchev–Trinajstić information content (AvgIpc) is 3.30. The van der Waals surface area contributed by atoms with Gasteiger partial charge in [-0.25, -0.2) is 0 Å². The second kappa shape index (κ2) is 7.19. The van der Waals surface area contributed by atoms with E-state index in [1.165, 1.54) is 6.92 Å². The normalized spacial score (nSPS) is 12.1. The van der Waals surface area contributed by atoms with Crippen molar-refractivity contribution in [2.45, 2.75) is 13.0 Å². The summed E-state index contributed by atoms with van der Waals surface area (Å²) >= 11 is 0. The number of carbonyl (C=O) groups excluding carboxylic acids is 2. The molecule has 0 fully saturated rings. The molecule has 1 amide bonds. The molecule has 5 heteroatoms. The Labute approximate surface area is 162 Å². The molecule has 0 aliphatic heterocycles. The molecular formula is C23H20N2O3. The highest BCUT2D eigenvalue weighted by molar-refractivity contribution is 5.99. The van der Waals surface area contributed by atoms with Crippen LogP contribution in [-0.4, -0.2) is 16.3 Å². The van der Waals surface area contributed by atoms with Crippen LogP contribution >= 0.6 is 0 Å². The van der Waals surface area contributed by atoms with Crippen LogP contribution in [0.1, 0.15) is 45.1 Å². The second-order valence-electron chi connectivity index (χ2n) is 6.78. The van der Waals surface area contributed by atoms with Crippen molar-refractivity contribution in [3.05, 3.63) is 95.5 Å². The molecule has 4 rings (SSSR count). The van der Waals surface area contributed by atoms with Crippen LogP contribution in [0.25, 0.3) is 11.0 Å². The molecule has 0 bridgehead atoms. The molecule has 28 heavy (non-hydrogen) atoms. The molecule has 0 saturated heterocycles. The van der Waals surface area contributed by atoms with Gasteiger partial charge < -0.3 is 14.3 Å². The van der Waals surface area contributed by atoms with Gasteiger partial charge in [0.1, 0.15) is 23.1 Å². The van der Waals surface area contributed by atoms with Crippen molar-refractivity contribution < 1.29 is 14.0 Å². The SMILES string of the molecule is CC(=O)c1cc(C(=O)N[C@H](c2ccccc2)c2cc3ccccc3o2)n(C)c1. The van der Waals surface area contributed by atoms with E-state index >= 15 is 0 Å². The number of nitrogens with one attached hydrogen (secondary N) is 1. The van der Waals surface area contributed by atoms with Crippen molar-refractivity contribution >= 4 is 22.7 Å². The third-order valence-electron chi connectivity index (χ3n) is 4.78. The summed E-state index contributed by atoms with van der Waals surface area (Å²) in [7, 11) is 1.75. The lowest BCUT2D eigenvalue weighted by Gasteiger charge is -2.17. The van der Waals surface area contributed by atoms with Gasteiger partial charge in [-0.15, -0.1) is 0 Å². The molecule has 5 nitrogen and oxygen atoms in total. The summed E-state index contributed by atoms with van der Waals surface area (Å²) in [6.07, 6.45) is 1.66. The highest BCUT2D eigenvalue weighted by Crippen LogP contribution is 2.28. The van der Waals surface area contributed by atoms with E-state index in [2.05, 4.69) is 5.32 Å². The van der Waals surface area contributed by atoms with Crippen molar-refractivity contribution in [1.29, 1.82) is 0 Å². The van der Waals surface area contributed by atoms with Crippen molar-refractivity contribution in [3.8, 4) is 0 Å². The number of fused-ring (bicyclic) bond motifs is 1. The molecule has 1 N–H and O–H groups in total. The Kier molecular flexibility index (Phi) is 4.57. The van der Waals surface area contributed by atoms with Gasteiger partial charge in [0, 0.05) is 24.2 Å². The van der Waals surface area contributed by atoms with Crippen molar-refractivity contribution in [1.82, 2.24) is 9.88 Å².